The fourth-order valence-corrected chi connectivity index (χ4v) is 4.14. The summed E-state index contributed by atoms with van der Waals surface area (Å²) in [5.74, 6) is -0.516. The molecule has 0 N–H and O–H groups in total. The third kappa shape index (κ3) is 3.32. The Labute approximate surface area is 149 Å². The van der Waals surface area contributed by atoms with E-state index in [9.17, 15) is 14.4 Å². The number of aryl methyl sites for hydroxylation is 2. The number of rotatable bonds is 4. The number of amides is 3. The van der Waals surface area contributed by atoms with Crippen molar-refractivity contribution < 1.29 is 14.4 Å². The number of hydrogen-bond acceptors (Lipinski definition) is 3. The van der Waals surface area contributed by atoms with Crippen molar-refractivity contribution in [2.24, 2.45) is 11.8 Å². The van der Waals surface area contributed by atoms with Crippen LogP contribution in [0.4, 0.5) is 5.69 Å². The first-order valence-corrected chi connectivity index (χ1v) is 9.09. The van der Waals surface area contributed by atoms with Crippen molar-refractivity contribution in [3.63, 3.8) is 0 Å². The van der Waals surface area contributed by atoms with Crippen molar-refractivity contribution in [3.05, 3.63) is 29.3 Å². The molecule has 25 heavy (non-hydrogen) atoms. The van der Waals surface area contributed by atoms with Crippen molar-refractivity contribution >= 4 is 23.4 Å². The molecule has 0 radical (unpaired) electrons. The van der Waals surface area contributed by atoms with Gasteiger partial charge in [0, 0.05) is 25.7 Å². The summed E-state index contributed by atoms with van der Waals surface area (Å²) in [5, 5.41) is 0. The molecule has 5 heteroatoms. The van der Waals surface area contributed by atoms with Gasteiger partial charge in [-0.3, -0.25) is 19.3 Å². The first-order chi connectivity index (χ1) is 11.9. The van der Waals surface area contributed by atoms with E-state index in [1.807, 2.05) is 32.0 Å². The molecule has 0 aromatic heterocycles. The zero-order valence-electron chi connectivity index (χ0n) is 15.2. The Kier molecular flexibility index (Phi) is 4.93. The highest BCUT2D eigenvalue weighted by Crippen LogP contribution is 2.38. The fraction of sp³-hybridized carbons (Fsp3) is 0.550. The van der Waals surface area contributed by atoms with Crippen molar-refractivity contribution in [2.75, 3.05) is 18.5 Å². The van der Waals surface area contributed by atoms with Gasteiger partial charge in [-0.2, -0.15) is 0 Å². The number of likely N-dealkylation sites (tertiary alicyclic amines) is 1. The van der Waals surface area contributed by atoms with Crippen molar-refractivity contribution in [3.8, 4) is 0 Å². The summed E-state index contributed by atoms with van der Waals surface area (Å²) in [6, 6.07) is 5.95. The summed E-state index contributed by atoms with van der Waals surface area (Å²) in [7, 11) is 1.74. The predicted octanol–water partition coefficient (Wildman–Crippen LogP) is 2.83. The van der Waals surface area contributed by atoms with Gasteiger partial charge in [0.25, 0.3) is 0 Å². The minimum absolute atomic E-state index is 0.0725. The first-order valence-electron chi connectivity index (χ1n) is 9.09. The van der Waals surface area contributed by atoms with Crippen LogP contribution in [0.2, 0.25) is 0 Å². The largest absolute Gasteiger partial charge is 0.315 e. The van der Waals surface area contributed by atoms with E-state index in [0.717, 1.165) is 42.5 Å². The lowest BCUT2D eigenvalue weighted by molar-refractivity contribution is -0.140. The Morgan fingerprint density at radius 1 is 1.12 bits per heavy atom. The molecule has 3 amide bonds. The highest BCUT2D eigenvalue weighted by atomic mass is 16.2. The Hall–Kier alpha value is -2.17. The van der Waals surface area contributed by atoms with Gasteiger partial charge < -0.3 is 4.90 Å². The van der Waals surface area contributed by atoms with Gasteiger partial charge in [0.15, 0.2) is 0 Å². The number of carbonyl (C=O) groups excluding carboxylic acids is 3. The van der Waals surface area contributed by atoms with Crippen LogP contribution in [0.1, 0.15) is 43.2 Å². The lowest BCUT2D eigenvalue weighted by Gasteiger charge is -2.21. The smallest absolute Gasteiger partial charge is 0.233 e. The number of anilines is 1. The van der Waals surface area contributed by atoms with E-state index >= 15 is 0 Å². The van der Waals surface area contributed by atoms with Crippen molar-refractivity contribution in [2.45, 2.75) is 46.0 Å². The number of fused-ring (bicyclic) bond motifs is 1. The molecule has 1 aromatic rings. The van der Waals surface area contributed by atoms with Gasteiger partial charge in [-0.25, -0.2) is 0 Å². The molecular formula is C20H26N2O3. The molecule has 2 fully saturated rings. The first kappa shape index (κ1) is 17.6. The van der Waals surface area contributed by atoms with Crippen molar-refractivity contribution in [1.82, 2.24) is 4.90 Å². The second-order valence-corrected chi connectivity index (χ2v) is 7.32. The quantitative estimate of drug-likeness (QED) is 0.791. The number of benzene rings is 1. The molecule has 2 unspecified atom stereocenters. The molecule has 3 rings (SSSR count). The minimum Gasteiger partial charge on any atom is -0.315 e. The molecule has 1 aromatic carbocycles. The summed E-state index contributed by atoms with van der Waals surface area (Å²) in [6.45, 7) is 4.19. The lowest BCUT2D eigenvalue weighted by Crippen LogP contribution is -2.36. The van der Waals surface area contributed by atoms with E-state index in [2.05, 4.69) is 0 Å². The highest BCUT2D eigenvalue weighted by molar-refractivity contribution is 6.05. The van der Waals surface area contributed by atoms with Crippen LogP contribution in [0.25, 0.3) is 0 Å². The van der Waals surface area contributed by atoms with E-state index in [1.165, 1.54) is 4.90 Å². The van der Waals surface area contributed by atoms with Gasteiger partial charge >= 0.3 is 0 Å². The fourth-order valence-electron chi connectivity index (χ4n) is 4.14. The van der Waals surface area contributed by atoms with E-state index in [-0.39, 0.29) is 42.5 Å². The topological polar surface area (TPSA) is 57.7 Å². The normalized spacial score (nSPS) is 22.9. The summed E-state index contributed by atoms with van der Waals surface area (Å²) in [6.07, 6.45) is 3.82. The Morgan fingerprint density at radius 2 is 1.72 bits per heavy atom. The minimum atomic E-state index is -0.145. The van der Waals surface area contributed by atoms with Crippen LogP contribution in [0, 0.1) is 25.7 Å². The molecule has 1 heterocycles. The van der Waals surface area contributed by atoms with E-state index in [0.29, 0.717) is 0 Å². The predicted molar refractivity (Wildman–Crippen MR) is 96.1 cm³/mol. The standard InChI is InChI=1S/C20H26N2O3/c1-13-8-9-17(14(2)12-13)21(3)18(23)10-11-22-19(24)15-6-4-5-7-16(15)20(22)25/h8-9,12,15-16H,4-7,10-11H2,1-3H3. The second-order valence-electron chi connectivity index (χ2n) is 7.32. The molecular weight excluding hydrogens is 316 g/mol. The van der Waals surface area contributed by atoms with Crippen molar-refractivity contribution in [1.29, 1.82) is 0 Å². The molecule has 5 nitrogen and oxygen atoms in total. The van der Waals surface area contributed by atoms with Gasteiger partial charge in [0.1, 0.15) is 0 Å². The SMILES string of the molecule is Cc1ccc(N(C)C(=O)CCN2C(=O)C3CCCCC3C2=O)c(C)c1. The molecule has 134 valence electrons. The molecule has 2 atom stereocenters. The molecule has 1 saturated heterocycles. The third-order valence-electron chi connectivity index (χ3n) is 5.57. The van der Waals surface area contributed by atoms with Gasteiger partial charge in [-0.1, -0.05) is 30.5 Å². The lowest BCUT2D eigenvalue weighted by atomic mass is 9.81. The summed E-state index contributed by atoms with van der Waals surface area (Å²) >= 11 is 0. The maximum atomic E-state index is 12.5. The highest BCUT2D eigenvalue weighted by Gasteiger charge is 2.47. The van der Waals surface area contributed by atoms with Crippen LogP contribution in [0.3, 0.4) is 0 Å². The monoisotopic (exact) mass is 342 g/mol. The van der Waals surface area contributed by atoms with Gasteiger partial charge in [0.2, 0.25) is 17.7 Å². The van der Waals surface area contributed by atoms with Gasteiger partial charge in [-0.05, 0) is 38.3 Å². The average molecular weight is 342 g/mol. The van der Waals surface area contributed by atoms with E-state index < -0.39 is 0 Å². The van der Waals surface area contributed by atoms with Crippen LogP contribution in [0.5, 0.6) is 0 Å². The molecule has 0 bridgehead atoms. The van der Waals surface area contributed by atoms with Crippen LogP contribution < -0.4 is 4.90 Å². The third-order valence-corrected chi connectivity index (χ3v) is 5.57. The van der Waals surface area contributed by atoms with Crippen LogP contribution in [-0.2, 0) is 14.4 Å². The molecule has 1 aliphatic carbocycles. The molecule has 0 spiro atoms. The Balaban J connectivity index is 1.64. The molecule has 1 aliphatic heterocycles. The number of nitrogens with zero attached hydrogens (tertiary/aromatic N) is 2. The second kappa shape index (κ2) is 6.98. The Bertz CT molecular complexity index is 689. The summed E-state index contributed by atoms with van der Waals surface area (Å²) in [4.78, 5) is 40.4. The summed E-state index contributed by atoms with van der Waals surface area (Å²) < 4.78 is 0. The molecule has 2 aliphatic rings. The molecule has 1 saturated carbocycles. The maximum absolute atomic E-state index is 12.5. The average Bonchev–Trinajstić information content (AvgIpc) is 2.84. The van der Waals surface area contributed by atoms with Crippen LogP contribution in [0.15, 0.2) is 18.2 Å². The van der Waals surface area contributed by atoms with E-state index in [4.69, 9.17) is 0 Å². The Morgan fingerprint density at radius 3 is 2.28 bits per heavy atom. The number of carbonyl (C=O) groups is 3. The van der Waals surface area contributed by atoms with Gasteiger partial charge in [-0.15, -0.1) is 0 Å². The van der Waals surface area contributed by atoms with Crippen LogP contribution in [-0.4, -0.2) is 36.2 Å². The van der Waals surface area contributed by atoms with E-state index in [1.54, 1.807) is 11.9 Å². The summed E-state index contributed by atoms with van der Waals surface area (Å²) in [5.41, 5.74) is 3.05. The zero-order valence-corrected chi connectivity index (χ0v) is 15.2. The zero-order chi connectivity index (χ0) is 18.1. The number of imide groups is 1. The van der Waals surface area contributed by atoms with Crippen LogP contribution >= 0.6 is 0 Å². The number of hydrogen-bond donors (Lipinski definition) is 0. The van der Waals surface area contributed by atoms with Gasteiger partial charge in [0.05, 0.1) is 11.8 Å². The maximum Gasteiger partial charge on any atom is 0.233 e.